The number of nitro groups is 1. The van der Waals surface area contributed by atoms with Crippen molar-refractivity contribution in [1.82, 2.24) is 4.57 Å². The van der Waals surface area contributed by atoms with Crippen molar-refractivity contribution >= 4 is 46.3 Å². The first kappa shape index (κ1) is 24.4. The highest BCUT2D eigenvalue weighted by Crippen LogP contribution is 2.30. The van der Waals surface area contributed by atoms with Gasteiger partial charge in [0.15, 0.2) is 4.80 Å². The number of thiazole rings is 1. The van der Waals surface area contributed by atoms with Gasteiger partial charge in [0.25, 0.3) is 17.2 Å². The number of nitro benzene ring substituents is 1. The van der Waals surface area contributed by atoms with E-state index in [1.165, 1.54) is 28.8 Å². The molecule has 8 nitrogen and oxygen atoms in total. The molecule has 184 valence electrons. The number of aromatic nitrogens is 1. The van der Waals surface area contributed by atoms with Crippen LogP contribution in [0, 0.1) is 10.1 Å². The summed E-state index contributed by atoms with van der Waals surface area (Å²) in [5.41, 5.74) is 2.04. The van der Waals surface area contributed by atoms with Crippen molar-refractivity contribution in [2.75, 3.05) is 5.32 Å². The topological polar surface area (TPSA) is 107 Å². The summed E-state index contributed by atoms with van der Waals surface area (Å²) < 4.78 is 1.78. The Morgan fingerprint density at radius 2 is 1.78 bits per heavy atom. The van der Waals surface area contributed by atoms with E-state index in [0.29, 0.717) is 31.9 Å². The predicted molar refractivity (Wildman–Crippen MR) is 143 cm³/mol. The van der Waals surface area contributed by atoms with Gasteiger partial charge in [-0.3, -0.25) is 24.3 Å². The number of para-hydroxylation sites is 1. The molecule has 37 heavy (non-hydrogen) atoms. The smallest absolute Gasteiger partial charge is 0.271 e. The minimum atomic E-state index is -0.719. The molecule has 0 aliphatic carbocycles. The van der Waals surface area contributed by atoms with E-state index in [1.807, 2.05) is 48.5 Å². The van der Waals surface area contributed by atoms with E-state index in [2.05, 4.69) is 10.3 Å². The molecule has 0 saturated carbocycles. The minimum absolute atomic E-state index is 0.138. The molecule has 0 bridgehead atoms. The van der Waals surface area contributed by atoms with Gasteiger partial charge in [-0.05, 0) is 36.8 Å². The lowest BCUT2D eigenvalue weighted by atomic mass is 9.95. The van der Waals surface area contributed by atoms with Crippen molar-refractivity contribution in [3.63, 3.8) is 0 Å². The van der Waals surface area contributed by atoms with Gasteiger partial charge >= 0.3 is 0 Å². The van der Waals surface area contributed by atoms with Crippen molar-refractivity contribution in [2.24, 2.45) is 4.99 Å². The van der Waals surface area contributed by atoms with Gasteiger partial charge in [-0.2, -0.15) is 0 Å². The van der Waals surface area contributed by atoms with E-state index in [-0.39, 0.29) is 22.2 Å². The summed E-state index contributed by atoms with van der Waals surface area (Å²) >= 11 is 7.41. The number of hydrogen-bond acceptors (Lipinski definition) is 6. The molecule has 1 N–H and O–H groups in total. The monoisotopic (exact) mass is 530 g/mol. The fraction of sp³-hybridized carbons (Fsp3) is 0.0741. The number of anilines is 1. The molecule has 1 atom stereocenters. The maximum atomic E-state index is 13.7. The third-order valence-corrected chi connectivity index (χ3v) is 7.22. The van der Waals surface area contributed by atoms with Crippen LogP contribution in [0.5, 0.6) is 0 Å². The highest BCUT2D eigenvalue weighted by atomic mass is 35.5. The number of carbonyl (C=O) groups excluding carboxylic acids is 1. The van der Waals surface area contributed by atoms with E-state index in [0.717, 1.165) is 16.9 Å². The number of allylic oxidation sites excluding steroid dienone is 1. The molecule has 0 radical (unpaired) electrons. The van der Waals surface area contributed by atoms with Gasteiger partial charge in [-0.1, -0.05) is 71.5 Å². The number of halogens is 1. The van der Waals surface area contributed by atoms with Gasteiger partial charge < -0.3 is 5.32 Å². The number of benzene rings is 3. The van der Waals surface area contributed by atoms with Gasteiger partial charge in [0.05, 0.1) is 26.8 Å². The van der Waals surface area contributed by atoms with E-state index in [1.54, 1.807) is 19.1 Å². The van der Waals surface area contributed by atoms with Crippen molar-refractivity contribution in [3.8, 4) is 0 Å². The Morgan fingerprint density at radius 1 is 1.11 bits per heavy atom. The fourth-order valence-electron chi connectivity index (χ4n) is 4.18. The Bertz CT molecular complexity index is 1740. The summed E-state index contributed by atoms with van der Waals surface area (Å²) in [5.74, 6) is -0.364. The molecule has 4 aromatic rings. The number of rotatable bonds is 5. The molecule has 0 saturated heterocycles. The van der Waals surface area contributed by atoms with Crippen LogP contribution in [-0.2, 0) is 4.79 Å². The quantitative estimate of drug-likeness (QED) is 0.304. The summed E-state index contributed by atoms with van der Waals surface area (Å²) in [5, 5.41) is 14.4. The lowest BCUT2D eigenvalue weighted by molar-refractivity contribution is -0.384. The van der Waals surface area contributed by atoms with Crippen molar-refractivity contribution in [1.29, 1.82) is 0 Å². The second-order valence-electron chi connectivity index (χ2n) is 8.28. The van der Waals surface area contributed by atoms with Gasteiger partial charge in [0, 0.05) is 28.4 Å². The maximum Gasteiger partial charge on any atom is 0.271 e. The van der Waals surface area contributed by atoms with E-state index < -0.39 is 11.0 Å². The van der Waals surface area contributed by atoms with Crippen LogP contribution >= 0.6 is 22.9 Å². The van der Waals surface area contributed by atoms with Gasteiger partial charge in [-0.15, -0.1) is 0 Å². The SMILES string of the molecule is CC1=C(C(=O)Nc2ccccc2)[C@@H](c2ccccc2)n2c(s/c(=C\c3cc([N+](=O)[O-])ccc3Cl)c2=O)=N1. The normalized spacial score (nSPS) is 15.2. The number of fused-ring (bicyclic) bond motifs is 1. The maximum absolute atomic E-state index is 13.7. The highest BCUT2D eigenvalue weighted by molar-refractivity contribution is 7.07. The minimum Gasteiger partial charge on any atom is -0.322 e. The molecule has 0 spiro atoms. The van der Waals surface area contributed by atoms with E-state index >= 15 is 0 Å². The highest BCUT2D eigenvalue weighted by Gasteiger charge is 2.32. The number of hydrogen-bond donors (Lipinski definition) is 1. The molecule has 1 aliphatic rings. The van der Waals surface area contributed by atoms with Crippen molar-refractivity contribution in [2.45, 2.75) is 13.0 Å². The molecule has 0 unspecified atom stereocenters. The first-order valence-corrected chi connectivity index (χ1v) is 12.4. The lowest BCUT2D eigenvalue weighted by Gasteiger charge is -2.25. The summed E-state index contributed by atoms with van der Waals surface area (Å²) in [4.78, 5) is 42.9. The zero-order valence-electron chi connectivity index (χ0n) is 19.4. The molecule has 2 heterocycles. The Morgan fingerprint density at radius 3 is 2.46 bits per heavy atom. The van der Waals surface area contributed by atoms with E-state index in [4.69, 9.17) is 11.6 Å². The van der Waals surface area contributed by atoms with Crippen LogP contribution in [0.3, 0.4) is 0 Å². The number of nitrogens with zero attached hydrogens (tertiary/aromatic N) is 3. The fourth-order valence-corrected chi connectivity index (χ4v) is 5.39. The average molecular weight is 531 g/mol. The lowest BCUT2D eigenvalue weighted by Crippen LogP contribution is -2.40. The van der Waals surface area contributed by atoms with Gasteiger partial charge in [0.1, 0.15) is 0 Å². The molecular formula is C27H19ClN4O4S. The molecule has 3 aromatic carbocycles. The number of carbonyl (C=O) groups is 1. The molecule has 1 aliphatic heterocycles. The molecule has 1 aromatic heterocycles. The van der Waals surface area contributed by atoms with Crippen LogP contribution in [0.25, 0.3) is 6.08 Å². The standard InChI is InChI=1S/C27H19ClN4O4S/c1-16-23(25(33)30-19-10-6-3-7-11-19)24(17-8-4-2-5-9-17)31-26(34)22(37-27(31)29-16)15-18-14-20(32(35)36)12-13-21(18)28/h2-15,24H,1H3,(H,30,33)/b22-15-/t24-/m1/s1. The van der Waals surface area contributed by atoms with Crippen LogP contribution in [-0.4, -0.2) is 15.4 Å². The van der Waals surface area contributed by atoms with E-state index in [9.17, 15) is 19.7 Å². The molecule has 10 heteroatoms. The summed E-state index contributed by atoms with van der Waals surface area (Å²) in [6.45, 7) is 1.74. The Hall–Kier alpha value is -4.34. The van der Waals surface area contributed by atoms with Gasteiger partial charge in [0.2, 0.25) is 0 Å². The van der Waals surface area contributed by atoms with Crippen LogP contribution in [0.15, 0.2) is 99.9 Å². The zero-order chi connectivity index (χ0) is 26.1. The zero-order valence-corrected chi connectivity index (χ0v) is 21.0. The largest absolute Gasteiger partial charge is 0.322 e. The number of amides is 1. The van der Waals surface area contributed by atoms with Crippen LogP contribution < -0.4 is 20.2 Å². The number of nitrogens with one attached hydrogen (secondary N) is 1. The predicted octanol–water partition coefficient (Wildman–Crippen LogP) is 4.44. The molecule has 1 amide bonds. The van der Waals surface area contributed by atoms with Gasteiger partial charge in [-0.25, -0.2) is 4.99 Å². The van der Waals surface area contributed by atoms with Crippen molar-refractivity contribution < 1.29 is 9.72 Å². The molecule has 5 rings (SSSR count). The summed E-state index contributed by atoms with van der Waals surface area (Å²) in [7, 11) is 0. The summed E-state index contributed by atoms with van der Waals surface area (Å²) in [6, 6.07) is 21.6. The first-order valence-electron chi connectivity index (χ1n) is 11.2. The second-order valence-corrected chi connectivity index (χ2v) is 9.69. The second kappa shape index (κ2) is 9.96. The Kier molecular flexibility index (Phi) is 6.56. The third-order valence-electron chi connectivity index (χ3n) is 5.89. The molecule has 0 fully saturated rings. The average Bonchev–Trinajstić information content (AvgIpc) is 3.19. The third kappa shape index (κ3) is 4.74. The molecular weight excluding hydrogens is 512 g/mol. The van der Waals surface area contributed by atoms with Crippen LogP contribution in [0.4, 0.5) is 11.4 Å². The number of non-ortho nitro benzene ring substituents is 1. The first-order chi connectivity index (χ1) is 17.8. The van der Waals surface area contributed by atoms with Crippen LogP contribution in [0.2, 0.25) is 5.02 Å². The Labute approximate surface area is 219 Å². The van der Waals surface area contributed by atoms with Crippen molar-refractivity contribution in [3.05, 3.63) is 136 Å². The van der Waals surface area contributed by atoms with Crippen LogP contribution in [0.1, 0.15) is 24.1 Å². The Balaban J connectivity index is 1.68. The summed E-state index contributed by atoms with van der Waals surface area (Å²) in [6.07, 6.45) is 1.52.